The van der Waals surface area contributed by atoms with Crippen molar-refractivity contribution in [3.8, 4) is 23.0 Å². The molecule has 0 spiro atoms. The molecule has 3 aliphatic rings. The number of rotatable bonds is 8. The van der Waals surface area contributed by atoms with Gasteiger partial charge in [-0.1, -0.05) is 0 Å². The maximum Gasteiger partial charge on any atom is 0.237 e. The van der Waals surface area contributed by atoms with Crippen LogP contribution in [0.1, 0.15) is 20.7 Å². The molecular weight excluding hydrogens is 552 g/mol. The fourth-order valence-corrected chi connectivity index (χ4v) is 4.47. The zero-order valence-corrected chi connectivity index (χ0v) is 21.2. The van der Waals surface area contributed by atoms with Crippen LogP contribution in [-0.4, -0.2) is 123 Å². The summed E-state index contributed by atoms with van der Waals surface area (Å²) in [6, 6.07) is 7.56. The lowest BCUT2D eigenvalue weighted by molar-refractivity contribution is -0.307. The molecular formula is C26H28O15. The van der Waals surface area contributed by atoms with Gasteiger partial charge in [-0.3, -0.25) is 9.59 Å². The molecule has 7 N–H and O–H groups in total. The molecule has 0 amide bonds. The molecule has 9 unspecified atom stereocenters. The molecule has 0 bridgehead atoms. The Kier molecular flexibility index (Phi) is 8.42. The van der Waals surface area contributed by atoms with Crippen LogP contribution in [0.4, 0.5) is 0 Å². The summed E-state index contributed by atoms with van der Waals surface area (Å²) in [4.78, 5) is 25.5. The predicted molar refractivity (Wildman–Crippen MR) is 130 cm³/mol. The maximum absolute atomic E-state index is 12.8. The van der Waals surface area contributed by atoms with Crippen LogP contribution in [0.15, 0.2) is 36.4 Å². The summed E-state index contributed by atoms with van der Waals surface area (Å²) in [5, 5.41) is 70.8. The molecule has 3 aliphatic heterocycles. The van der Waals surface area contributed by atoms with E-state index in [0.29, 0.717) is 11.5 Å². The third kappa shape index (κ3) is 5.85. The van der Waals surface area contributed by atoms with E-state index in [1.807, 2.05) is 0 Å². The SMILES string of the molecule is O=C(C(=O)c1ccc(OC2OC(COC3OCC(O)C(O)C3O)C(O)C(O)C2O)cc1O)c1ccc2c(c1)OCO2. The summed E-state index contributed by atoms with van der Waals surface area (Å²) in [5.74, 6) is -1.93. The quantitative estimate of drug-likeness (QED) is 0.130. The van der Waals surface area contributed by atoms with Gasteiger partial charge in [-0.15, -0.1) is 0 Å². The van der Waals surface area contributed by atoms with E-state index in [1.165, 1.54) is 24.3 Å². The molecule has 0 radical (unpaired) electrons. The predicted octanol–water partition coefficient (Wildman–Crippen LogP) is -2.17. The van der Waals surface area contributed by atoms with Crippen molar-refractivity contribution >= 4 is 11.6 Å². The first-order chi connectivity index (χ1) is 19.5. The van der Waals surface area contributed by atoms with Crippen molar-refractivity contribution in [3.05, 3.63) is 47.5 Å². The van der Waals surface area contributed by atoms with Gasteiger partial charge >= 0.3 is 0 Å². The average molecular weight is 580 g/mol. The largest absolute Gasteiger partial charge is 0.507 e. The van der Waals surface area contributed by atoms with Gasteiger partial charge in [0.25, 0.3) is 0 Å². The minimum atomic E-state index is -1.76. The molecule has 2 aromatic rings. The van der Waals surface area contributed by atoms with Gasteiger partial charge in [0.05, 0.1) is 18.8 Å². The van der Waals surface area contributed by atoms with Gasteiger partial charge in [0.15, 0.2) is 17.8 Å². The van der Waals surface area contributed by atoms with Crippen LogP contribution in [0.25, 0.3) is 0 Å². The van der Waals surface area contributed by atoms with Crippen LogP contribution >= 0.6 is 0 Å². The minimum absolute atomic E-state index is 0.0143. The number of carbonyl (C=O) groups excluding carboxylic acids is 2. The molecule has 2 saturated heterocycles. The van der Waals surface area contributed by atoms with Gasteiger partial charge in [0, 0.05) is 11.6 Å². The van der Waals surface area contributed by atoms with E-state index < -0.39 is 79.2 Å². The third-order valence-electron chi connectivity index (χ3n) is 6.85. The number of phenolic OH excluding ortho intramolecular Hbond substituents is 1. The zero-order valence-electron chi connectivity index (χ0n) is 21.2. The van der Waals surface area contributed by atoms with E-state index in [9.17, 15) is 45.3 Å². The number of aliphatic hydroxyl groups is 6. The number of aliphatic hydroxyl groups excluding tert-OH is 6. The lowest BCUT2D eigenvalue weighted by Crippen LogP contribution is -2.61. The molecule has 41 heavy (non-hydrogen) atoms. The average Bonchev–Trinajstić information content (AvgIpc) is 3.44. The van der Waals surface area contributed by atoms with Crippen molar-refractivity contribution in [1.82, 2.24) is 0 Å². The van der Waals surface area contributed by atoms with Crippen molar-refractivity contribution in [2.75, 3.05) is 20.0 Å². The normalized spacial score (nSPS) is 32.9. The molecule has 5 rings (SSSR count). The Bertz CT molecular complexity index is 1280. The number of carbonyl (C=O) groups is 2. The Hall–Kier alpha value is -3.38. The van der Waals surface area contributed by atoms with Crippen LogP contribution in [-0.2, 0) is 14.2 Å². The molecule has 3 heterocycles. The number of fused-ring (bicyclic) bond motifs is 1. The molecule has 9 atom stereocenters. The highest BCUT2D eigenvalue weighted by molar-refractivity contribution is 6.49. The highest BCUT2D eigenvalue weighted by atomic mass is 16.7. The number of ether oxygens (including phenoxy) is 6. The number of hydrogen-bond donors (Lipinski definition) is 7. The number of benzene rings is 2. The Balaban J connectivity index is 1.23. The Labute approximate surface area is 231 Å². The molecule has 2 aromatic carbocycles. The van der Waals surface area contributed by atoms with Crippen LogP contribution in [0.2, 0.25) is 0 Å². The summed E-state index contributed by atoms with van der Waals surface area (Å²) < 4.78 is 31.9. The second-order valence-corrected chi connectivity index (χ2v) is 9.62. The molecule has 15 heteroatoms. The number of aromatic hydroxyl groups is 1. The molecule has 15 nitrogen and oxygen atoms in total. The smallest absolute Gasteiger partial charge is 0.237 e. The van der Waals surface area contributed by atoms with Crippen molar-refractivity contribution in [2.45, 2.75) is 55.3 Å². The number of ketones is 2. The second-order valence-electron chi connectivity index (χ2n) is 9.62. The van der Waals surface area contributed by atoms with Crippen LogP contribution in [0, 0.1) is 0 Å². The second kappa shape index (κ2) is 11.8. The van der Waals surface area contributed by atoms with E-state index in [2.05, 4.69) is 0 Å². The number of Topliss-reactive ketones (excluding diaryl/α,β-unsaturated/α-hetero) is 2. The highest BCUT2D eigenvalue weighted by Crippen LogP contribution is 2.34. The topological polar surface area (TPSA) is 231 Å². The van der Waals surface area contributed by atoms with Crippen LogP contribution in [0.5, 0.6) is 23.0 Å². The minimum Gasteiger partial charge on any atom is -0.507 e. The van der Waals surface area contributed by atoms with Gasteiger partial charge in [0.1, 0.15) is 54.2 Å². The van der Waals surface area contributed by atoms with Gasteiger partial charge in [-0.05, 0) is 30.3 Å². The first-order valence-corrected chi connectivity index (χ1v) is 12.5. The summed E-state index contributed by atoms with van der Waals surface area (Å²) in [6.45, 7) is -0.829. The summed E-state index contributed by atoms with van der Waals surface area (Å²) >= 11 is 0. The first-order valence-electron chi connectivity index (χ1n) is 12.5. The summed E-state index contributed by atoms with van der Waals surface area (Å²) in [7, 11) is 0. The van der Waals surface area contributed by atoms with E-state index >= 15 is 0 Å². The van der Waals surface area contributed by atoms with E-state index in [4.69, 9.17) is 28.4 Å². The monoisotopic (exact) mass is 580 g/mol. The molecule has 0 saturated carbocycles. The Morgan fingerprint density at radius 3 is 2.29 bits per heavy atom. The lowest BCUT2D eigenvalue weighted by atomic mass is 9.99. The molecule has 2 fully saturated rings. The van der Waals surface area contributed by atoms with Gasteiger partial charge in [-0.25, -0.2) is 0 Å². The fraction of sp³-hybridized carbons (Fsp3) is 0.462. The standard InChI is InChI=1S/C26H28O15/c27-13-6-11(2-3-12(13)19(30)18(29)10-1-4-15-16(5-10)39-9-38-15)40-26-24(35)22(33)21(32)17(41-26)8-37-25-23(34)20(31)14(28)7-36-25/h1-6,14,17,20-28,31-35H,7-9H2. The zero-order chi connectivity index (χ0) is 29.4. The van der Waals surface area contributed by atoms with Gasteiger partial charge < -0.3 is 64.2 Å². The molecule has 0 aromatic heterocycles. The van der Waals surface area contributed by atoms with Crippen molar-refractivity contribution in [1.29, 1.82) is 0 Å². The maximum atomic E-state index is 12.8. The summed E-state index contributed by atoms with van der Waals surface area (Å²) in [6.07, 6.45) is -13.9. The van der Waals surface area contributed by atoms with E-state index in [0.717, 1.165) is 12.1 Å². The van der Waals surface area contributed by atoms with Crippen molar-refractivity contribution in [3.63, 3.8) is 0 Å². The first kappa shape index (κ1) is 29.1. The lowest BCUT2D eigenvalue weighted by Gasteiger charge is -2.41. The van der Waals surface area contributed by atoms with E-state index in [1.54, 1.807) is 0 Å². The fourth-order valence-electron chi connectivity index (χ4n) is 4.47. The van der Waals surface area contributed by atoms with Crippen LogP contribution < -0.4 is 14.2 Å². The Morgan fingerprint density at radius 1 is 0.805 bits per heavy atom. The molecule has 0 aliphatic carbocycles. The third-order valence-corrected chi connectivity index (χ3v) is 6.85. The van der Waals surface area contributed by atoms with Gasteiger partial charge in [-0.2, -0.15) is 0 Å². The van der Waals surface area contributed by atoms with Crippen LogP contribution in [0.3, 0.4) is 0 Å². The number of hydrogen-bond acceptors (Lipinski definition) is 15. The highest BCUT2D eigenvalue weighted by Gasteiger charge is 2.46. The summed E-state index contributed by atoms with van der Waals surface area (Å²) in [5.41, 5.74) is -0.305. The van der Waals surface area contributed by atoms with Gasteiger partial charge in [0.2, 0.25) is 24.6 Å². The van der Waals surface area contributed by atoms with Crippen molar-refractivity contribution < 1.29 is 73.8 Å². The number of phenols is 1. The Morgan fingerprint density at radius 2 is 1.54 bits per heavy atom. The van der Waals surface area contributed by atoms with E-state index in [-0.39, 0.29) is 30.3 Å². The van der Waals surface area contributed by atoms with Crippen molar-refractivity contribution in [2.24, 2.45) is 0 Å². The molecule has 222 valence electrons.